The zero-order valence-electron chi connectivity index (χ0n) is 14.9. The Morgan fingerprint density at radius 3 is 2.62 bits per heavy atom. The molecule has 2 amide bonds. The molecule has 0 saturated carbocycles. The van der Waals surface area contributed by atoms with E-state index in [4.69, 9.17) is 0 Å². The van der Waals surface area contributed by atoms with Crippen molar-refractivity contribution in [3.05, 3.63) is 65.5 Å². The van der Waals surface area contributed by atoms with Gasteiger partial charge >= 0.3 is 0 Å². The van der Waals surface area contributed by atoms with Gasteiger partial charge in [-0.15, -0.1) is 0 Å². The molecule has 26 heavy (non-hydrogen) atoms. The number of nitrogens with one attached hydrogen (secondary N) is 1. The number of hydrogen-bond donors (Lipinski definition) is 1. The lowest BCUT2D eigenvalue weighted by molar-refractivity contribution is -0.126. The number of benzene rings is 2. The van der Waals surface area contributed by atoms with Gasteiger partial charge in [0, 0.05) is 25.2 Å². The van der Waals surface area contributed by atoms with Crippen LogP contribution >= 0.6 is 0 Å². The lowest BCUT2D eigenvalue weighted by Gasteiger charge is -2.17. The van der Waals surface area contributed by atoms with E-state index in [1.165, 1.54) is 11.6 Å². The minimum atomic E-state index is -0.367. The largest absolute Gasteiger partial charge is 0.355 e. The van der Waals surface area contributed by atoms with Crippen LogP contribution in [0.4, 0.5) is 10.1 Å². The van der Waals surface area contributed by atoms with Crippen molar-refractivity contribution in [3.8, 4) is 0 Å². The molecule has 0 bridgehead atoms. The first-order valence-electron chi connectivity index (χ1n) is 8.99. The first-order valence-corrected chi connectivity index (χ1v) is 8.99. The second kappa shape index (κ2) is 8.13. The van der Waals surface area contributed by atoms with Crippen LogP contribution in [0.3, 0.4) is 0 Å². The third kappa shape index (κ3) is 4.10. The molecular weight excluding hydrogens is 331 g/mol. The molecule has 0 spiro atoms. The zero-order chi connectivity index (χ0) is 18.5. The van der Waals surface area contributed by atoms with Crippen LogP contribution in [0.15, 0.2) is 48.5 Å². The topological polar surface area (TPSA) is 49.4 Å². The predicted molar refractivity (Wildman–Crippen MR) is 99.4 cm³/mol. The number of carbonyl (C=O) groups is 2. The van der Waals surface area contributed by atoms with E-state index in [1.54, 1.807) is 23.1 Å². The van der Waals surface area contributed by atoms with E-state index in [1.807, 2.05) is 24.3 Å². The summed E-state index contributed by atoms with van der Waals surface area (Å²) in [5.41, 5.74) is 2.62. The monoisotopic (exact) mass is 354 g/mol. The van der Waals surface area contributed by atoms with Gasteiger partial charge in [0.25, 0.3) is 0 Å². The zero-order valence-corrected chi connectivity index (χ0v) is 14.9. The average molecular weight is 354 g/mol. The van der Waals surface area contributed by atoms with Gasteiger partial charge in [-0.05, 0) is 42.2 Å². The summed E-state index contributed by atoms with van der Waals surface area (Å²) in [7, 11) is 0. The maximum Gasteiger partial charge on any atom is 0.227 e. The van der Waals surface area contributed by atoms with Crippen molar-refractivity contribution < 1.29 is 14.0 Å². The number of anilines is 1. The van der Waals surface area contributed by atoms with Gasteiger partial charge in [-0.1, -0.05) is 37.3 Å². The Balaban J connectivity index is 1.54. The van der Waals surface area contributed by atoms with E-state index in [0.29, 0.717) is 25.1 Å². The van der Waals surface area contributed by atoms with Gasteiger partial charge in [-0.2, -0.15) is 0 Å². The van der Waals surface area contributed by atoms with Gasteiger partial charge in [0.05, 0.1) is 5.92 Å². The Morgan fingerprint density at radius 1 is 1.19 bits per heavy atom. The highest BCUT2D eigenvalue weighted by Crippen LogP contribution is 2.25. The fourth-order valence-corrected chi connectivity index (χ4v) is 3.21. The van der Waals surface area contributed by atoms with Crippen molar-refractivity contribution in [2.75, 3.05) is 18.0 Å². The molecular formula is C21H23FN2O2. The molecule has 1 aliphatic heterocycles. The van der Waals surface area contributed by atoms with E-state index in [2.05, 4.69) is 12.2 Å². The summed E-state index contributed by atoms with van der Waals surface area (Å²) in [6.07, 6.45) is 1.59. The van der Waals surface area contributed by atoms with Crippen molar-refractivity contribution in [1.82, 2.24) is 5.32 Å². The van der Waals surface area contributed by atoms with Crippen LogP contribution in [0, 0.1) is 11.7 Å². The summed E-state index contributed by atoms with van der Waals surface area (Å²) in [5, 5.41) is 2.83. The smallest absolute Gasteiger partial charge is 0.227 e. The number of nitrogens with zero attached hydrogens (tertiary/aromatic N) is 1. The van der Waals surface area contributed by atoms with Gasteiger partial charge in [0.15, 0.2) is 0 Å². The van der Waals surface area contributed by atoms with E-state index in [-0.39, 0.29) is 30.0 Å². The van der Waals surface area contributed by atoms with Crippen LogP contribution in [0.5, 0.6) is 0 Å². The molecule has 4 nitrogen and oxygen atoms in total. The predicted octanol–water partition coefficient (Wildman–Crippen LogP) is 3.10. The minimum absolute atomic E-state index is 0.0384. The molecule has 1 atom stereocenters. The van der Waals surface area contributed by atoms with Crippen LogP contribution in [-0.4, -0.2) is 24.9 Å². The molecule has 1 N–H and O–H groups in total. The van der Waals surface area contributed by atoms with E-state index < -0.39 is 0 Å². The SMILES string of the molecule is CCc1ccc(N2CC(C(=O)NCCc3ccccc3F)CC2=O)cc1. The van der Waals surface area contributed by atoms with Crippen molar-refractivity contribution in [1.29, 1.82) is 0 Å². The van der Waals surface area contributed by atoms with E-state index in [9.17, 15) is 14.0 Å². The number of amides is 2. The third-order valence-corrected chi connectivity index (χ3v) is 4.80. The molecule has 0 aromatic heterocycles. The van der Waals surface area contributed by atoms with Crippen LogP contribution in [0.25, 0.3) is 0 Å². The molecule has 2 aromatic carbocycles. The second-order valence-electron chi connectivity index (χ2n) is 6.56. The minimum Gasteiger partial charge on any atom is -0.355 e. The summed E-state index contributed by atoms with van der Waals surface area (Å²) in [6.45, 7) is 2.82. The number of rotatable bonds is 6. The average Bonchev–Trinajstić information content (AvgIpc) is 3.05. The highest BCUT2D eigenvalue weighted by molar-refractivity contribution is 6.00. The van der Waals surface area contributed by atoms with Crippen LogP contribution in [-0.2, 0) is 22.4 Å². The van der Waals surface area contributed by atoms with Crippen molar-refractivity contribution >= 4 is 17.5 Å². The third-order valence-electron chi connectivity index (χ3n) is 4.80. The molecule has 3 rings (SSSR count). The quantitative estimate of drug-likeness (QED) is 0.867. The highest BCUT2D eigenvalue weighted by Gasteiger charge is 2.34. The van der Waals surface area contributed by atoms with E-state index in [0.717, 1.165) is 12.1 Å². The molecule has 5 heteroatoms. The molecule has 1 aliphatic rings. The number of hydrogen-bond acceptors (Lipinski definition) is 2. The Bertz CT molecular complexity index is 789. The summed E-state index contributed by atoms with van der Waals surface area (Å²) in [4.78, 5) is 26.3. The molecule has 2 aromatic rings. The van der Waals surface area contributed by atoms with Gasteiger partial charge in [0.1, 0.15) is 5.82 Å². The Morgan fingerprint density at radius 2 is 1.92 bits per heavy atom. The van der Waals surface area contributed by atoms with Gasteiger partial charge in [-0.3, -0.25) is 9.59 Å². The molecule has 1 heterocycles. The number of aryl methyl sites for hydroxylation is 1. The van der Waals surface area contributed by atoms with E-state index >= 15 is 0 Å². The summed E-state index contributed by atoms with van der Waals surface area (Å²) < 4.78 is 13.6. The van der Waals surface area contributed by atoms with Gasteiger partial charge < -0.3 is 10.2 Å². The first-order chi connectivity index (χ1) is 12.6. The fourth-order valence-electron chi connectivity index (χ4n) is 3.21. The Hall–Kier alpha value is -2.69. The van der Waals surface area contributed by atoms with Crippen LogP contribution < -0.4 is 10.2 Å². The van der Waals surface area contributed by atoms with Crippen LogP contribution in [0.2, 0.25) is 0 Å². The Kier molecular flexibility index (Phi) is 5.66. The number of carbonyl (C=O) groups excluding carboxylic acids is 2. The van der Waals surface area contributed by atoms with Gasteiger partial charge in [0.2, 0.25) is 11.8 Å². The normalized spacial score (nSPS) is 16.8. The molecule has 1 unspecified atom stereocenters. The second-order valence-corrected chi connectivity index (χ2v) is 6.56. The maximum atomic E-state index is 13.6. The Labute approximate surface area is 153 Å². The summed E-state index contributed by atoms with van der Waals surface area (Å²) >= 11 is 0. The number of halogens is 1. The highest BCUT2D eigenvalue weighted by atomic mass is 19.1. The molecule has 136 valence electrons. The summed E-state index contributed by atoms with van der Waals surface area (Å²) in [6, 6.07) is 14.4. The lowest BCUT2D eigenvalue weighted by atomic mass is 10.1. The van der Waals surface area contributed by atoms with Gasteiger partial charge in [-0.25, -0.2) is 4.39 Å². The van der Waals surface area contributed by atoms with Crippen molar-refractivity contribution in [3.63, 3.8) is 0 Å². The maximum absolute atomic E-state index is 13.6. The van der Waals surface area contributed by atoms with Crippen molar-refractivity contribution in [2.45, 2.75) is 26.2 Å². The lowest BCUT2D eigenvalue weighted by Crippen LogP contribution is -2.34. The van der Waals surface area contributed by atoms with Crippen molar-refractivity contribution in [2.24, 2.45) is 5.92 Å². The molecule has 0 radical (unpaired) electrons. The molecule has 1 saturated heterocycles. The molecule has 0 aliphatic carbocycles. The summed E-state index contributed by atoms with van der Waals surface area (Å²) in [5.74, 6) is -0.820. The standard InChI is InChI=1S/C21H23FN2O2/c1-2-15-7-9-18(10-8-15)24-14-17(13-20(24)25)21(26)23-12-11-16-5-3-4-6-19(16)22/h3-10,17H,2,11-14H2,1H3,(H,23,26). The fraction of sp³-hybridized carbons (Fsp3) is 0.333. The van der Waals surface area contributed by atoms with Crippen LogP contribution in [0.1, 0.15) is 24.5 Å². The molecule has 1 fully saturated rings. The first kappa shape index (κ1) is 18.1.